The van der Waals surface area contributed by atoms with Crippen molar-refractivity contribution in [1.82, 2.24) is 10.6 Å². The minimum absolute atomic E-state index is 0.0110. The summed E-state index contributed by atoms with van der Waals surface area (Å²) >= 11 is 1.59. The van der Waals surface area contributed by atoms with Crippen molar-refractivity contribution in [3.63, 3.8) is 0 Å². The smallest absolute Gasteiger partial charge is 0.229 e. The first-order valence-electron chi connectivity index (χ1n) is 8.93. The number of rotatable bonds is 7. The second kappa shape index (κ2) is 8.83. The van der Waals surface area contributed by atoms with Crippen molar-refractivity contribution in [2.24, 2.45) is 10.7 Å². The Labute approximate surface area is 163 Å². The number of thiophene rings is 1. The van der Waals surface area contributed by atoms with Crippen LogP contribution in [0.4, 0.5) is 5.69 Å². The molecular formula is C20H25N5OS. The first-order valence-corrected chi connectivity index (χ1v) is 9.81. The second-order valence-corrected chi connectivity index (χ2v) is 7.56. The molecule has 1 amide bonds. The highest BCUT2D eigenvalue weighted by atomic mass is 32.1. The number of hydrogen-bond donors (Lipinski definition) is 4. The number of nitrogens with one attached hydrogen (secondary N) is 3. The third-order valence-electron chi connectivity index (χ3n) is 4.60. The molecule has 0 radical (unpaired) electrons. The predicted molar refractivity (Wildman–Crippen MR) is 112 cm³/mol. The minimum atomic E-state index is -0.0363. The second-order valence-electron chi connectivity index (χ2n) is 6.53. The molecule has 7 heteroatoms. The molecule has 0 fully saturated rings. The number of anilines is 1. The quantitative estimate of drug-likeness (QED) is 0.590. The van der Waals surface area contributed by atoms with Gasteiger partial charge in [0.25, 0.3) is 0 Å². The molecule has 0 aliphatic carbocycles. The van der Waals surface area contributed by atoms with E-state index in [1.54, 1.807) is 17.7 Å². The maximum atomic E-state index is 12.2. The van der Waals surface area contributed by atoms with E-state index >= 15 is 0 Å². The Kier molecular flexibility index (Phi) is 6.26. The van der Waals surface area contributed by atoms with E-state index in [1.165, 1.54) is 0 Å². The van der Waals surface area contributed by atoms with Gasteiger partial charge in [0.1, 0.15) is 5.82 Å². The fourth-order valence-electron chi connectivity index (χ4n) is 3.16. The van der Waals surface area contributed by atoms with Gasteiger partial charge in [0, 0.05) is 22.2 Å². The molecule has 1 aliphatic rings. The SMILES string of the molecule is CNC(C)C1=C(N)NC=NC1Cc1cccc(NC(=O)Cc2cccs2)c1. The predicted octanol–water partition coefficient (Wildman–Crippen LogP) is 2.25. The van der Waals surface area contributed by atoms with E-state index < -0.39 is 0 Å². The Morgan fingerprint density at radius 3 is 2.96 bits per heavy atom. The summed E-state index contributed by atoms with van der Waals surface area (Å²) in [5.74, 6) is 0.639. The normalized spacial score (nSPS) is 17.5. The van der Waals surface area contributed by atoms with E-state index in [1.807, 2.05) is 48.8 Å². The van der Waals surface area contributed by atoms with Gasteiger partial charge in [-0.1, -0.05) is 18.2 Å². The van der Waals surface area contributed by atoms with E-state index in [0.29, 0.717) is 12.2 Å². The third kappa shape index (κ3) is 4.96. The summed E-state index contributed by atoms with van der Waals surface area (Å²) in [4.78, 5) is 17.9. The van der Waals surface area contributed by atoms with Crippen LogP contribution >= 0.6 is 11.3 Å². The van der Waals surface area contributed by atoms with E-state index in [-0.39, 0.29) is 18.0 Å². The van der Waals surface area contributed by atoms with Crippen LogP contribution in [-0.4, -0.2) is 31.4 Å². The number of nitrogens with two attached hydrogens (primary N) is 1. The van der Waals surface area contributed by atoms with Crippen LogP contribution in [0.2, 0.25) is 0 Å². The Morgan fingerprint density at radius 1 is 1.37 bits per heavy atom. The maximum absolute atomic E-state index is 12.2. The number of carbonyl (C=O) groups is 1. The third-order valence-corrected chi connectivity index (χ3v) is 5.48. The van der Waals surface area contributed by atoms with Crippen molar-refractivity contribution in [3.8, 4) is 0 Å². The molecule has 1 aliphatic heterocycles. The Balaban J connectivity index is 1.69. The first-order chi connectivity index (χ1) is 13.1. The van der Waals surface area contributed by atoms with Gasteiger partial charge in [-0.2, -0.15) is 0 Å². The molecule has 142 valence electrons. The van der Waals surface area contributed by atoms with Crippen molar-refractivity contribution >= 4 is 29.3 Å². The monoisotopic (exact) mass is 383 g/mol. The van der Waals surface area contributed by atoms with Crippen LogP contribution in [0.1, 0.15) is 17.4 Å². The molecule has 0 saturated carbocycles. The van der Waals surface area contributed by atoms with Gasteiger partial charge in [0.05, 0.1) is 18.8 Å². The van der Waals surface area contributed by atoms with Gasteiger partial charge >= 0.3 is 0 Å². The van der Waals surface area contributed by atoms with Gasteiger partial charge in [-0.05, 0) is 49.5 Å². The summed E-state index contributed by atoms with van der Waals surface area (Å²) in [5.41, 5.74) is 9.09. The molecule has 2 atom stereocenters. The number of amides is 1. The summed E-state index contributed by atoms with van der Waals surface area (Å²) in [6.45, 7) is 2.07. The molecule has 0 spiro atoms. The van der Waals surface area contributed by atoms with Crippen LogP contribution in [0, 0.1) is 0 Å². The number of nitrogens with zero attached hydrogens (tertiary/aromatic N) is 1. The lowest BCUT2D eigenvalue weighted by Gasteiger charge is -2.27. The van der Waals surface area contributed by atoms with Crippen molar-refractivity contribution in [3.05, 3.63) is 63.6 Å². The lowest BCUT2D eigenvalue weighted by molar-refractivity contribution is -0.115. The molecule has 0 bridgehead atoms. The Morgan fingerprint density at radius 2 is 2.22 bits per heavy atom. The molecule has 5 N–H and O–H groups in total. The number of carbonyl (C=O) groups excluding carboxylic acids is 1. The molecule has 2 aromatic rings. The van der Waals surface area contributed by atoms with Crippen LogP contribution in [0.25, 0.3) is 0 Å². The van der Waals surface area contributed by atoms with E-state index in [9.17, 15) is 4.79 Å². The Bertz CT molecular complexity index is 844. The zero-order valence-electron chi connectivity index (χ0n) is 15.5. The van der Waals surface area contributed by atoms with Gasteiger partial charge in [-0.3, -0.25) is 9.79 Å². The molecule has 1 aromatic heterocycles. The largest absolute Gasteiger partial charge is 0.385 e. The van der Waals surface area contributed by atoms with Crippen molar-refractivity contribution < 1.29 is 4.79 Å². The molecule has 6 nitrogen and oxygen atoms in total. The maximum Gasteiger partial charge on any atom is 0.229 e. The van der Waals surface area contributed by atoms with Crippen molar-refractivity contribution in [2.75, 3.05) is 12.4 Å². The zero-order chi connectivity index (χ0) is 19.2. The lowest BCUT2D eigenvalue weighted by atomic mass is 9.93. The summed E-state index contributed by atoms with van der Waals surface area (Å²) in [7, 11) is 1.91. The highest BCUT2D eigenvalue weighted by Crippen LogP contribution is 2.22. The molecule has 2 heterocycles. The van der Waals surface area contributed by atoms with Gasteiger partial charge in [0.2, 0.25) is 5.91 Å². The number of likely N-dealkylation sites (N-methyl/N-ethyl adjacent to an activating group) is 1. The van der Waals surface area contributed by atoms with Crippen molar-refractivity contribution in [2.45, 2.75) is 31.8 Å². The van der Waals surface area contributed by atoms with Crippen LogP contribution < -0.4 is 21.7 Å². The highest BCUT2D eigenvalue weighted by molar-refractivity contribution is 7.10. The first kappa shape index (κ1) is 19.1. The molecule has 1 aromatic carbocycles. The van der Waals surface area contributed by atoms with Crippen molar-refractivity contribution in [1.29, 1.82) is 0 Å². The van der Waals surface area contributed by atoms with Crippen LogP contribution in [0.5, 0.6) is 0 Å². The summed E-state index contributed by atoms with van der Waals surface area (Å²) in [6.07, 6.45) is 2.76. The highest BCUT2D eigenvalue weighted by Gasteiger charge is 2.24. The van der Waals surface area contributed by atoms with E-state index in [4.69, 9.17) is 5.73 Å². The van der Waals surface area contributed by atoms with E-state index in [0.717, 1.165) is 28.1 Å². The number of hydrogen-bond acceptors (Lipinski definition) is 6. The minimum Gasteiger partial charge on any atom is -0.385 e. The fraction of sp³-hybridized carbons (Fsp3) is 0.300. The standard InChI is InChI=1S/C20H25N5OS/c1-13(22-2)19-17(23-12-24-20(19)21)10-14-5-3-6-15(9-14)25-18(26)11-16-7-4-8-27-16/h3-9,12-13,17,22H,10-11,21H2,1-2H3,(H,23,24)(H,25,26). The molecule has 2 unspecified atom stereocenters. The molecule has 0 saturated heterocycles. The van der Waals surface area contributed by atoms with Crippen LogP contribution in [0.15, 0.2) is 58.2 Å². The summed E-state index contributed by atoms with van der Waals surface area (Å²) in [6, 6.07) is 11.9. The van der Waals surface area contributed by atoms with Gasteiger partial charge in [0.15, 0.2) is 0 Å². The average molecular weight is 384 g/mol. The fourth-order valence-corrected chi connectivity index (χ4v) is 3.86. The zero-order valence-corrected chi connectivity index (χ0v) is 16.3. The van der Waals surface area contributed by atoms with Gasteiger partial charge in [-0.25, -0.2) is 0 Å². The van der Waals surface area contributed by atoms with E-state index in [2.05, 4.69) is 27.9 Å². The van der Waals surface area contributed by atoms with Crippen LogP contribution in [-0.2, 0) is 17.6 Å². The van der Waals surface area contributed by atoms with Crippen LogP contribution in [0.3, 0.4) is 0 Å². The number of aliphatic imine (C=N–C) groups is 1. The lowest BCUT2D eigenvalue weighted by Crippen LogP contribution is -2.39. The summed E-state index contributed by atoms with van der Waals surface area (Å²) in [5, 5.41) is 11.2. The molecule has 3 rings (SSSR count). The molecular weight excluding hydrogens is 358 g/mol. The number of benzene rings is 1. The summed E-state index contributed by atoms with van der Waals surface area (Å²) < 4.78 is 0. The average Bonchev–Trinajstić information content (AvgIpc) is 3.14. The molecule has 27 heavy (non-hydrogen) atoms. The van der Waals surface area contributed by atoms with Gasteiger partial charge < -0.3 is 21.7 Å². The Hall–Kier alpha value is -2.64. The topological polar surface area (TPSA) is 91.5 Å². The van der Waals surface area contributed by atoms with Gasteiger partial charge in [-0.15, -0.1) is 11.3 Å².